The highest BCUT2D eigenvalue weighted by atomic mass is 19.4. The van der Waals surface area contributed by atoms with Crippen molar-refractivity contribution in [3.8, 4) is 5.75 Å². The van der Waals surface area contributed by atoms with Crippen LogP contribution in [0, 0.1) is 0 Å². The molecular formula is C26H19F9N2O. The molecule has 0 saturated heterocycles. The number of fused-ring (bicyclic) bond motifs is 4. The van der Waals surface area contributed by atoms with Gasteiger partial charge in [-0.1, -0.05) is 42.5 Å². The molecule has 5 rings (SSSR count). The number of halogens is 9. The monoisotopic (exact) mass is 546 g/mol. The number of hydrogen-bond donors (Lipinski definition) is 0. The Bertz CT molecular complexity index is 1480. The van der Waals surface area contributed by atoms with E-state index in [1.165, 1.54) is 24.4 Å². The van der Waals surface area contributed by atoms with E-state index in [1.54, 1.807) is 18.0 Å². The first-order chi connectivity index (χ1) is 17.4. The van der Waals surface area contributed by atoms with Gasteiger partial charge in [-0.2, -0.15) is 39.5 Å². The van der Waals surface area contributed by atoms with Crippen molar-refractivity contribution in [2.45, 2.75) is 48.9 Å². The fourth-order valence-electron chi connectivity index (χ4n) is 5.23. The van der Waals surface area contributed by atoms with Gasteiger partial charge in [-0.05, 0) is 36.9 Å². The van der Waals surface area contributed by atoms with Crippen molar-refractivity contribution in [3.63, 3.8) is 0 Å². The van der Waals surface area contributed by atoms with Crippen LogP contribution >= 0.6 is 0 Å². The summed E-state index contributed by atoms with van der Waals surface area (Å²) in [4.78, 5) is 6.03. The summed E-state index contributed by atoms with van der Waals surface area (Å²) in [6, 6.07) is 12.4. The maximum absolute atomic E-state index is 15.1. The Kier molecular flexibility index (Phi) is 5.21. The van der Waals surface area contributed by atoms with Crippen LogP contribution < -0.4 is 9.64 Å². The van der Waals surface area contributed by atoms with Gasteiger partial charge < -0.3 is 9.64 Å². The number of nitrogens with zero attached hydrogens (tertiary/aromatic N) is 2. The minimum Gasteiger partial charge on any atom is -0.459 e. The molecule has 202 valence electrons. The molecule has 0 N–H and O–H groups in total. The molecule has 2 heterocycles. The van der Waals surface area contributed by atoms with Crippen molar-refractivity contribution in [1.82, 2.24) is 0 Å². The van der Waals surface area contributed by atoms with E-state index in [4.69, 9.17) is 4.74 Å². The highest BCUT2D eigenvalue weighted by molar-refractivity contribution is 6.02. The molecule has 3 aromatic rings. The molecular weight excluding hydrogens is 527 g/mol. The van der Waals surface area contributed by atoms with Gasteiger partial charge in [0.15, 0.2) is 0 Å². The van der Waals surface area contributed by atoms with E-state index >= 15 is 8.78 Å². The third-order valence-corrected chi connectivity index (χ3v) is 7.43. The van der Waals surface area contributed by atoms with Crippen LogP contribution in [0.15, 0.2) is 59.6 Å². The Morgan fingerprint density at radius 3 is 2.08 bits per heavy atom. The Morgan fingerprint density at radius 2 is 1.45 bits per heavy atom. The predicted molar refractivity (Wildman–Crippen MR) is 123 cm³/mol. The molecule has 0 bridgehead atoms. The summed E-state index contributed by atoms with van der Waals surface area (Å²) in [6.07, 6.45) is -5.63. The van der Waals surface area contributed by atoms with Crippen molar-refractivity contribution in [2.75, 3.05) is 11.9 Å². The van der Waals surface area contributed by atoms with Crippen LogP contribution in [0.5, 0.6) is 5.75 Å². The standard InChI is InChI=1S/C26H19F9N2O/c1-21(2)15-8-4-5-10-17(15)37(3)22(21)13-36-20-18(38-22)12-11-14-7-6-9-16(19(14)20)23(27,28)24(29,30)25(31,32)26(33,34)35/h4-13H,1-3H3. The number of aliphatic imine (C=N–C) groups is 1. The summed E-state index contributed by atoms with van der Waals surface area (Å²) >= 11 is 0. The van der Waals surface area contributed by atoms with E-state index < -0.39 is 51.7 Å². The van der Waals surface area contributed by atoms with Crippen LogP contribution in [-0.4, -0.2) is 37.0 Å². The average molecular weight is 546 g/mol. The Labute approximate surface area is 210 Å². The second-order valence-electron chi connectivity index (χ2n) is 9.79. The van der Waals surface area contributed by atoms with Crippen LogP contribution in [0.3, 0.4) is 0 Å². The lowest BCUT2D eigenvalue weighted by atomic mass is 9.77. The minimum absolute atomic E-state index is 0.133. The van der Waals surface area contributed by atoms with Gasteiger partial charge >= 0.3 is 23.9 Å². The number of rotatable bonds is 3. The first kappa shape index (κ1) is 26.2. The molecule has 3 aromatic carbocycles. The van der Waals surface area contributed by atoms with E-state index in [0.717, 1.165) is 17.3 Å². The predicted octanol–water partition coefficient (Wildman–Crippen LogP) is 7.98. The number of likely N-dealkylation sites (N-methyl/N-ethyl adjacent to an activating group) is 1. The molecule has 1 atom stereocenters. The van der Waals surface area contributed by atoms with Crippen LogP contribution in [0.1, 0.15) is 25.0 Å². The minimum atomic E-state index is -7.02. The first-order valence-electron chi connectivity index (χ1n) is 11.3. The molecule has 0 aromatic heterocycles. The molecule has 0 radical (unpaired) electrons. The Morgan fingerprint density at radius 1 is 0.789 bits per heavy atom. The summed E-state index contributed by atoms with van der Waals surface area (Å²) < 4.78 is 131. The van der Waals surface area contributed by atoms with Gasteiger partial charge in [-0.3, -0.25) is 4.99 Å². The van der Waals surface area contributed by atoms with E-state index in [-0.39, 0.29) is 11.1 Å². The van der Waals surface area contributed by atoms with Gasteiger partial charge in [0.2, 0.25) is 5.72 Å². The summed E-state index contributed by atoms with van der Waals surface area (Å²) in [5.41, 5.74) is -2.52. The Balaban J connectivity index is 1.70. The maximum Gasteiger partial charge on any atom is 0.460 e. The van der Waals surface area contributed by atoms with Crippen molar-refractivity contribution >= 4 is 28.4 Å². The number of alkyl halides is 9. The van der Waals surface area contributed by atoms with Gasteiger partial charge in [0.05, 0.1) is 11.6 Å². The van der Waals surface area contributed by atoms with Crippen molar-refractivity contribution in [3.05, 3.63) is 65.7 Å². The molecule has 2 aliphatic rings. The smallest absolute Gasteiger partial charge is 0.459 e. The highest BCUT2D eigenvalue weighted by Gasteiger charge is 2.82. The molecule has 1 spiro atoms. The molecule has 12 heteroatoms. The quantitative estimate of drug-likeness (QED) is 0.311. The van der Waals surface area contributed by atoms with Gasteiger partial charge in [0, 0.05) is 23.7 Å². The molecule has 0 amide bonds. The number of para-hydroxylation sites is 1. The lowest BCUT2D eigenvalue weighted by molar-refractivity contribution is -0.399. The van der Waals surface area contributed by atoms with Gasteiger partial charge in [0.25, 0.3) is 0 Å². The summed E-state index contributed by atoms with van der Waals surface area (Å²) in [5.74, 6) is -19.9. The lowest BCUT2D eigenvalue weighted by Gasteiger charge is -2.45. The van der Waals surface area contributed by atoms with Crippen molar-refractivity contribution in [1.29, 1.82) is 0 Å². The largest absolute Gasteiger partial charge is 0.460 e. The molecule has 1 unspecified atom stereocenters. The molecule has 38 heavy (non-hydrogen) atoms. The van der Waals surface area contributed by atoms with Crippen molar-refractivity contribution in [2.24, 2.45) is 4.99 Å². The molecule has 2 aliphatic heterocycles. The fraction of sp³-hybridized carbons (Fsp3) is 0.346. The topological polar surface area (TPSA) is 24.8 Å². The number of anilines is 1. The van der Waals surface area contributed by atoms with E-state index in [9.17, 15) is 30.7 Å². The lowest BCUT2D eigenvalue weighted by Crippen LogP contribution is -2.61. The van der Waals surface area contributed by atoms with E-state index in [2.05, 4.69) is 4.99 Å². The van der Waals surface area contributed by atoms with E-state index in [1.807, 2.05) is 32.0 Å². The third kappa shape index (κ3) is 3.02. The third-order valence-electron chi connectivity index (χ3n) is 7.43. The summed E-state index contributed by atoms with van der Waals surface area (Å²) in [7, 11) is 1.71. The van der Waals surface area contributed by atoms with Gasteiger partial charge in [0.1, 0.15) is 11.4 Å². The number of ether oxygens (including phenoxy) is 1. The number of benzene rings is 3. The molecule has 3 nitrogen and oxygen atoms in total. The molecule has 0 saturated carbocycles. The first-order valence-corrected chi connectivity index (χ1v) is 11.3. The number of hydrogen-bond acceptors (Lipinski definition) is 3. The fourth-order valence-corrected chi connectivity index (χ4v) is 5.23. The molecule has 0 aliphatic carbocycles. The zero-order valence-electron chi connectivity index (χ0n) is 20.0. The van der Waals surface area contributed by atoms with E-state index in [0.29, 0.717) is 6.07 Å². The summed E-state index contributed by atoms with van der Waals surface area (Å²) in [6.45, 7) is 3.71. The summed E-state index contributed by atoms with van der Waals surface area (Å²) in [5, 5.41) is -0.860. The van der Waals surface area contributed by atoms with Gasteiger partial charge in [-0.25, -0.2) is 0 Å². The van der Waals surface area contributed by atoms with Crippen LogP contribution in [0.25, 0.3) is 10.8 Å². The maximum atomic E-state index is 15.1. The zero-order valence-corrected chi connectivity index (χ0v) is 20.0. The van der Waals surface area contributed by atoms with Crippen LogP contribution in [0.2, 0.25) is 0 Å². The van der Waals surface area contributed by atoms with Crippen LogP contribution in [-0.2, 0) is 11.3 Å². The zero-order chi connectivity index (χ0) is 28.1. The molecule has 0 fully saturated rings. The second-order valence-corrected chi connectivity index (χ2v) is 9.79. The van der Waals surface area contributed by atoms with Crippen LogP contribution in [0.4, 0.5) is 50.9 Å². The second kappa shape index (κ2) is 7.57. The average Bonchev–Trinajstić information content (AvgIpc) is 3.00. The normalized spacial score (nSPS) is 21.0. The highest BCUT2D eigenvalue weighted by Crippen LogP contribution is 2.59. The SMILES string of the molecule is CN1c2ccccc2C(C)(C)C12C=Nc1c(ccc3cccc(C(F)(F)C(F)(F)C(F)(F)C(F)(F)F)c13)O2. The Hall–Kier alpha value is -3.44. The van der Waals surface area contributed by atoms with Crippen molar-refractivity contribution < 1.29 is 44.3 Å². The van der Waals surface area contributed by atoms with Gasteiger partial charge in [-0.15, -0.1) is 0 Å².